The zero-order valence-electron chi connectivity index (χ0n) is 12.7. The second kappa shape index (κ2) is 5.90. The van der Waals surface area contributed by atoms with E-state index in [9.17, 15) is 4.79 Å². The number of aromatic nitrogens is 2. The van der Waals surface area contributed by atoms with Gasteiger partial charge >= 0.3 is 5.69 Å². The van der Waals surface area contributed by atoms with Gasteiger partial charge < -0.3 is 5.32 Å². The molecule has 0 bridgehead atoms. The van der Waals surface area contributed by atoms with Crippen molar-refractivity contribution in [1.82, 2.24) is 14.5 Å². The van der Waals surface area contributed by atoms with Crippen LogP contribution in [0.5, 0.6) is 0 Å². The first-order valence-electron chi connectivity index (χ1n) is 7.76. The lowest BCUT2D eigenvalue weighted by molar-refractivity contribution is 0.484. The van der Waals surface area contributed by atoms with Crippen LogP contribution in [-0.4, -0.2) is 16.2 Å². The van der Waals surface area contributed by atoms with E-state index in [-0.39, 0.29) is 11.7 Å². The van der Waals surface area contributed by atoms with Crippen LogP contribution in [0, 0.1) is 0 Å². The van der Waals surface area contributed by atoms with Crippen LogP contribution in [0.4, 0.5) is 0 Å². The first-order chi connectivity index (χ1) is 10.2. The van der Waals surface area contributed by atoms with Gasteiger partial charge in [-0.25, -0.2) is 4.79 Å². The Morgan fingerprint density at radius 3 is 2.52 bits per heavy atom. The predicted octanol–water partition coefficient (Wildman–Crippen LogP) is 2.51. The van der Waals surface area contributed by atoms with Gasteiger partial charge in [0, 0.05) is 25.0 Å². The van der Waals surface area contributed by atoms with Crippen LogP contribution >= 0.6 is 0 Å². The van der Waals surface area contributed by atoms with Crippen molar-refractivity contribution in [2.75, 3.05) is 7.05 Å². The van der Waals surface area contributed by atoms with Crippen molar-refractivity contribution < 1.29 is 0 Å². The number of imidazole rings is 1. The van der Waals surface area contributed by atoms with Gasteiger partial charge in [-0.05, 0) is 37.4 Å². The molecule has 112 valence electrons. The molecule has 1 heterocycles. The zero-order valence-corrected chi connectivity index (χ0v) is 12.7. The van der Waals surface area contributed by atoms with Gasteiger partial charge in [0.05, 0.1) is 6.04 Å². The minimum Gasteiger partial charge on any atom is -0.312 e. The van der Waals surface area contributed by atoms with E-state index in [0.717, 1.165) is 19.3 Å². The molecule has 2 aromatic rings. The maximum Gasteiger partial charge on any atom is 0.328 e. The van der Waals surface area contributed by atoms with Gasteiger partial charge in [0.1, 0.15) is 0 Å². The van der Waals surface area contributed by atoms with Crippen LogP contribution in [0.25, 0.3) is 0 Å². The highest BCUT2D eigenvalue weighted by Gasteiger charge is 2.25. The molecule has 21 heavy (non-hydrogen) atoms. The molecule has 1 atom stereocenters. The molecule has 1 unspecified atom stereocenters. The number of hydrogen-bond donors (Lipinski definition) is 1. The molecule has 1 saturated carbocycles. The van der Waals surface area contributed by atoms with Crippen molar-refractivity contribution in [3.63, 3.8) is 0 Å². The molecule has 0 amide bonds. The Balaban J connectivity index is 1.78. The van der Waals surface area contributed by atoms with E-state index in [1.807, 2.05) is 28.6 Å². The molecule has 3 rings (SSSR count). The molecule has 1 N–H and O–H groups in total. The van der Waals surface area contributed by atoms with Crippen LogP contribution < -0.4 is 11.0 Å². The Bertz CT molecular complexity index is 649. The second-order valence-corrected chi connectivity index (χ2v) is 5.81. The van der Waals surface area contributed by atoms with Crippen molar-refractivity contribution in [3.8, 4) is 0 Å². The SMILES string of the molecule is CCc1ccc(C(Cn2ccn(C3CC3)c2=O)NC)cc1. The highest BCUT2D eigenvalue weighted by Crippen LogP contribution is 2.33. The summed E-state index contributed by atoms with van der Waals surface area (Å²) in [5.74, 6) is 0. The van der Waals surface area contributed by atoms with Gasteiger partial charge in [-0.15, -0.1) is 0 Å². The van der Waals surface area contributed by atoms with Crippen LogP contribution in [0.1, 0.15) is 43.0 Å². The first-order valence-corrected chi connectivity index (χ1v) is 7.76. The third-order valence-corrected chi connectivity index (χ3v) is 4.33. The molecule has 1 aliphatic carbocycles. The number of nitrogens with one attached hydrogen (secondary N) is 1. The molecular weight excluding hydrogens is 262 g/mol. The van der Waals surface area contributed by atoms with Crippen LogP contribution in [0.3, 0.4) is 0 Å². The monoisotopic (exact) mass is 285 g/mol. The quantitative estimate of drug-likeness (QED) is 0.885. The largest absolute Gasteiger partial charge is 0.328 e. The predicted molar refractivity (Wildman–Crippen MR) is 84.6 cm³/mol. The lowest BCUT2D eigenvalue weighted by Gasteiger charge is -2.17. The summed E-state index contributed by atoms with van der Waals surface area (Å²) in [5, 5.41) is 3.32. The Kier molecular flexibility index (Phi) is 3.97. The normalized spacial score (nSPS) is 16.1. The molecule has 0 spiro atoms. The Hall–Kier alpha value is -1.81. The van der Waals surface area contributed by atoms with Crippen LogP contribution in [0.2, 0.25) is 0 Å². The molecule has 1 fully saturated rings. The molecule has 0 aliphatic heterocycles. The molecular formula is C17H23N3O. The number of hydrogen-bond acceptors (Lipinski definition) is 2. The smallest absolute Gasteiger partial charge is 0.312 e. The summed E-state index contributed by atoms with van der Waals surface area (Å²) in [7, 11) is 1.95. The zero-order chi connectivity index (χ0) is 14.8. The molecule has 1 aromatic heterocycles. The average molecular weight is 285 g/mol. The molecule has 1 aromatic carbocycles. The summed E-state index contributed by atoms with van der Waals surface area (Å²) < 4.78 is 3.68. The van der Waals surface area contributed by atoms with Crippen LogP contribution in [-0.2, 0) is 13.0 Å². The maximum absolute atomic E-state index is 12.3. The van der Waals surface area contributed by atoms with Crippen molar-refractivity contribution in [1.29, 1.82) is 0 Å². The van der Waals surface area contributed by atoms with E-state index in [1.54, 1.807) is 0 Å². The van der Waals surface area contributed by atoms with Crippen molar-refractivity contribution in [2.24, 2.45) is 0 Å². The van der Waals surface area contributed by atoms with Crippen molar-refractivity contribution >= 4 is 0 Å². The summed E-state index contributed by atoms with van der Waals surface area (Å²) in [6.45, 7) is 2.82. The average Bonchev–Trinajstić information content (AvgIpc) is 3.30. The Labute approximate surface area is 125 Å². The van der Waals surface area contributed by atoms with Gasteiger partial charge in [0.15, 0.2) is 0 Å². The lowest BCUT2D eigenvalue weighted by Crippen LogP contribution is -2.29. The molecule has 0 saturated heterocycles. The van der Waals surface area contributed by atoms with E-state index in [1.165, 1.54) is 11.1 Å². The third-order valence-electron chi connectivity index (χ3n) is 4.33. The van der Waals surface area contributed by atoms with Gasteiger partial charge in [-0.1, -0.05) is 31.2 Å². The standard InChI is InChI=1S/C17H23N3O/c1-3-13-4-6-14(7-5-13)16(18-2)12-19-10-11-20(17(19)21)15-8-9-15/h4-7,10-11,15-16,18H,3,8-9,12H2,1-2H3. The molecule has 4 heteroatoms. The highest BCUT2D eigenvalue weighted by molar-refractivity contribution is 5.25. The number of benzene rings is 1. The maximum atomic E-state index is 12.3. The lowest BCUT2D eigenvalue weighted by atomic mass is 10.0. The first kappa shape index (κ1) is 14.1. The van der Waals surface area contributed by atoms with Gasteiger partial charge in [0.2, 0.25) is 0 Å². The van der Waals surface area contributed by atoms with Gasteiger partial charge in [-0.3, -0.25) is 9.13 Å². The minimum atomic E-state index is 0.114. The number of aryl methyl sites for hydroxylation is 1. The summed E-state index contributed by atoms with van der Waals surface area (Å²) in [6.07, 6.45) is 7.15. The summed E-state index contributed by atoms with van der Waals surface area (Å²) in [4.78, 5) is 12.3. The number of likely N-dealkylation sites (N-methyl/N-ethyl adjacent to an activating group) is 1. The summed E-state index contributed by atoms with van der Waals surface area (Å²) in [6, 6.07) is 9.24. The van der Waals surface area contributed by atoms with E-state index >= 15 is 0 Å². The summed E-state index contributed by atoms with van der Waals surface area (Å²) in [5.41, 5.74) is 2.68. The Morgan fingerprint density at radius 2 is 1.95 bits per heavy atom. The molecule has 4 nitrogen and oxygen atoms in total. The fourth-order valence-electron chi connectivity index (χ4n) is 2.74. The third kappa shape index (κ3) is 2.95. The van der Waals surface area contributed by atoms with E-state index in [2.05, 4.69) is 36.5 Å². The fourth-order valence-corrected chi connectivity index (χ4v) is 2.74. The Morgan fingerprint density at radius 1 is 1.24 bits per heavy atom. The van der Waals surface area contributed by atoms with E-state index < -0.39 is 0 Å². The number of nitrogens with zero attached hydrogens (tertiary/aromatic N) is 2. The fraction of sp³-hybridized carbons (Fsp3) is 0.471. The van der Waals surface area contributed by atoms with Gasteiger partial charge in [0.25, 0.3) is 0 Å². The number of rotatable bonds is 6. The highest BCUT2D eigenvalue weighted by atomic mass is 16.1. The van der Waals surface area contributed by atoms with E-state index in [0.29, 0.717) is 12.6 Å². The topological polar surface area (TPSA) is 39.0 Å². The van der Waals surface area contributed by atoms with Gasteiger partial charge in [-0.2, -0.15) is 0 Å². The summed E-state index contributed by atoms with van der Waals surface area (Å²) >= 11 is 0. The van der Waals surface area contributed by atoms with Crippen LogP contribution in [0.15, 0.2) is 41.5 Å². The molecule has 0 radical (unpaired) electrons. The van der Waals surface area contributed by atoms with E-state index in [4.69, 9.17) is 0 Å². The van der Waals surface area contributed by atoms with Crippen molar-refractivity contribution in [3.05, 3.63) is 58.3 Å². The molecule has 1 aliphatic rings. The second-order valence-electron chi connectivity index (χ2n) is 5.81. The minimum absolute atomic E-state index is 0.114. The van der Waals surface area contributed by atoms with Crippen molar-refractivity contribution in [2.45, 2.75) is 44.8 Å².